The maximum Gasteiger partial charge on any atom is 0.231 e. The van der Waals surface area contributed by atoms with Gasteiger partial charge in [-0.2, -0.15) is 0 Å². The molecule has 0 aromatic heterocycles. The van der Waals surface area contributed by atoms with Crippen LogP contribution in [0, 0.1) is 0 Å². The lowest BCUT2D eigenvalue weighted by Crippen LogP contribution is -2.21. The van der Waals surface area contributed by atoms with Gasteiger partial charge in [-0.25, -0.2) is 0 Å². The Morgan fingerprint density at radius 3 is 2.62 bits per heavy atom. The Hall–Kier alpha value is -2.89. The standard InChI is InChI=1S/C18H16O6/c1-20-11-6-16(21-2)18-12(19)8-14(24-17(18)7-11)10-3-4-13-15(5-10)23-9-22-13/h3-7,14H,8-9H2,1-2H3. The van der Waals surface area contributed by atoms with Crippen molar-refractivity contribution < 1.29 is 28.5 Å². The molecule has 0 saturated carbocycles. The number of benzene rings is 2. The van der Waals surface area contributed by atoms with Gasteiger partial charge in [-0.15, -0.1) is 0 Å². The van der Waals surface area contributed by atoms with Crippen LogP contribution in [0.3, 0.4) is 0 Å². The Bertz CT molecular complexity index is 813. The van der Waals surface area contributed by atoms with Crippen LogP contribution in [0.5, 0.6) is 28.7 Å². The van der Waals surface area contributed by atoms with Gasteiger partial charge in [-0.1, -0.05) is 6.07 Å². The Morgan fingerprint density at radius 2 is 1.83 bits per heavy atom. The summed E-state index contributed by atoms with van der Waals surface area (Å²) in [5, 5.41) is 0. The van der Waals surface area contributed by atoms with Gasteiger partial charge in [0.1, 0.15) is 28.9 Å². The maximum atomic E-state index is 12.6. The molecule has 2 aliphatic rings. The Labute approximate surface area is 138 Å². The second kappa shape index (κ2) is 5.63. The molecule has 0 saturated heterocycles. The zero-order valence-electron chi connectivity index (χ0n) is 13.3. The number of carbonyl (C=O) groups excluding carboxylic acids is 1. The number of Topliss-reactive ketones (excluding diaryl/α,β-unsaturated/α-hetero) is 1. The van der Waals surface area contributed by atoms with Crippen LogP contribution in [0.2, 0.25) is 0 Å². The minimum absolute atomic E-state index is 0.0292. The monoisotopic (exact) mass is 328 g/mol. The molecule has 2 aromatic rings. The summed E-state index contributed by atoms with van der Waals surface area (Å²) in [6, 6.07) is 8.94. The summed E-state index contributed by atoms with van der Waals surface area (Å²) in [4.78, 5) is 12.6. The van der Waals surface area contributed by atoms with Crippen molar-refractivity contribution in [3.8, 4) is 28.7 Å². The zero-order valence-corrected chi connectivity index (χ0v) is 13.3. The van der Waals surface area contributed by atoms with Crippen LogP contribution in [0.15, 0.2) is 30.3 Å². The molecule has 0 aliphatic carbocycles. The predicted molar refractivity (Wildman–Crippen MR) is 84.4 cm³/mol. The lowest BCUT2D eigenvalue weighted by atomic mass is 9.95. The van der Waals surface area contributed by atoms with Crippen molar-refractivity contribution in [1.82, 2.24) is 0 Å². The number of carbonyl (C=O) groups is 1. The smallest absolute Gasteiger partial charge is 0.231 e. The van der Waals surface area contributed by atoms with E-state index in [1.807, 2.05) is 18.2 Å². The van der Waals surface area contributed by atoms with Crippen molar-refractivity contribution in [2.45, 2.75) is 12.5 Å². The molecule has 0 N–H and O–H groups in total. The molecule has 1 atom stereocenters. The number of rotatable bonds is 3. The second-order valence-corrected chi connectivity index (χ2v) is 5.55. The van der Waals surface area contributed by atoms with Gasteiger partial charge in [0.15, 0.2) is 17.3 Å². The molecule has 24 heavy (non-hydrogen) atoms. The van der Waals surface area contributed by atoms with Crippen LogP contribution in [-0.4, -0.2) is 26.8 Å². The molecule has 4 rings (SSSR count). The van der Waals surface area contributed by atoms with E-state index in [-0.39, 0.29) is 19.0 Å². The molecular weight excluding hydrogens is 312 g/mol. The van der Waals surface area contributed by atoms with E-state index in [0.29, 0.717) is 34.3 Å². The van der Waals surface area contributed by atoms with E-state index >= 15 is 0 Å². The van der Waals surface area contributed by atoms with E-state index in [0.717, 1.165) is 5.56 Å². The number of ketones is 1. The molecule has 0 spiro atoms. The number of ether oxygens (including phenoxy) is 5. The van der Waals surface area contributed by atoms with Crippen molar-refractivity contribution in [1.29, 1.82) is 0 Å². The summed E-state index contributed by atoms with van der Waals surface area (Å²) in [5.74, 6) is 2.83. The van der Waals surface area contributed by atoms with Crippen molar-refractivity contribution in [2.75, 3.05) is 21.0 Å². The van der Waals surface area contributed by atoms with E-state index in [1.54, 1.807) is 19.2 Å². The number of fused-ring (bicyclic) bond motifs is 2. The largest absolute Gasteiger partial charge is 0.496 e. The Kier molecular flexibility index (Phi) is 3.45. The van der Waals surface area contributed by atoms with Gasteiger partial charge in [-0.05, 0) is 17.7 Å². The summed E-state index contributed by atoms with van der Waals surface area (Å²) in [7, 11) is 3.08. The highest BCUT2D eigenvalue weighted by atomic mass is 16.7. The summed E-state index contributed by atoms with van der Waals surface area (Å²) < 4.78 is 27.3. The lowest BCUT2D eigenvalue weighted by molar-refractivity contribution is 0.0843. The van der Waals surface area contributed by atoms with Crippen LogP contribution >= 0.6 is 0 Å². The first kappa shape index (κ1) is 14.7. The van der Waals surface area contributed by atoms with Crippen LogP contribution < -0.4 is 23.7 Å². The average Bonchev–Trinajstić information content (AvgIpc) is 3.08. The summed E-state index contributed by atoms with van der Waals surface area (Å²) >= 11 is 0. The molecule has 124 valence electrons. The Morgan fingerprint density at radius 1 is 1.00 bits per heavy atom. The van der Waals surface area contributed by atoms with Gasteiger partial charge in [0.25, 0.3) is 0 Å². The quantitative estimate of drug-likeness (QED) is 0.862. The minimum atomic E-state index is -0.392. The van der Waals surface area contributed by atoms with E-state index in [9.17, 15) is 4.79 Å². The highest BCUT2D eigenvalue weighted by Gasteiger charge is 2.32. The summed E-state index contributed by atoms with van der Waals surface area (Å²) in [6.45, 7) is 0.209. The first-order chi connectivity index (χ1) is 11.7. The normalized spacial score (nSPS) is 17.9. The summed E-state index contributed by atoms with van der Waals surface area (Å²) in [6.07, 6.45) is -0.161. The first-order valence-corrected chi connectivity index (χ1v) is 7.55. The highest BCUT2D eigenvalue weighted by molar-refractivity contribution is 6.02. The zero-order chi connectivity index (χ0) is 16.7. The topological polar surface area (TPSA) is 63.2 Å². The number of hydrogen-bond acceptors (Lipinski definition) is 6. The molecular formula is C18H16O6. The molecule has 6 heteroatoms. The fourth-order valence-electron chi connectivity index (χ4n) is 2.98. The number of hydrogen-bond donors (Lipinski definition) is 0. The highest BCUT2D eigenvalue weighted by Crippen LogP contribution is 2.43. The third-order valence-electron chi connectivity index (χ3n) is 4.18. The average molecular weight is 328 g/mol. The molecule has 1 unspecified atom stereocenters. The van der Waals surface area contributed by atoms with Gasteiger partial charge in [0.2, 0.25) is 6.79 Å². The molecule has 2 aromatic carbocycles. The van der Waals surface area contributed by atoms with E-state index in [1.165, 1.54) is 7.11 Å². The molecule has 2 heterocycles. The lowest BCUT2D eigenvalue weighted by Gasteiger charge is -2.27. The van der Waals surface area contributed by atoms with Gasteiger partial charge in [0, 0.05) is 12.1 Å². The van der Waals surface area contributed by atoms with E-state index in [2.05, 4.69) is 0 Å². The minimum Gasteiger partial charge on any atom is -0.496 e. The van der Waals surface area contributed by atoms with Crippen molar-refractivity contribution in [3.63, 3.8) is 0 Å². The van der Waals surface area contributed by atoms with Gasteiger partial charge in [0.05, 0.1) is 20.6 Å². The maximum absolute atomic E-state index is 12.6. The fraction of sp³-hybridized carbons (Fsp3) is 0.278. The van der Waals surface area contributed by atoms with Crippen LogP contribution in [0.1, 0.15) is 28.4 Å². The molecule has 0 fully saturated rings. The van der Waals surface area contributed by atoms with Crippen LogP contribution in [0.4, 0.5) is 0 Å². The van der Waals surface area contributed by atoms with Crippen LogP contribution in [-0.2, 0) is 0 Å². The van der Waals surface area contributed by atoms with E-state index < -0.39 is 6.10 Å². The molecule has 0 radical (unpaired) electrons. The van der Waals surface area contributed by atoms with Crippen molar-refractivity contribution in [2.24, 2.45) is 0 Å². The number of methoxy groups -OCH3 is 2. The van der Waals surface area contributed by atoms with Crippen molar-refractivity contribution in [3.05, 3.63) is 41.5 Å². The SMILES string of the molecule is COc1cc(OC)c2c(c1)OC(c1ccc3c(c1)OCO3)CC2=O. The molecule has 0 amide bonds. The third kappa shape index (κ3) is 2.31. The van der Waals surface area contributed by atoms with Crippen LogP contribution in [0.25, 0.3) is 0 Å². The van der Waals surface area contributed by atoms with Gasteiger partial charge >= 0.3 is 0 Å². The first-order valence-electron chi connectivity index (χ1n) is 7.55. The summed E-state index contributed by atoms with van der Waals surface area (Å²) in [5.41, 5.74) is 1.32. The predicted octanol–water partition coefficient (Wildman–Crippen LogP) is 3.14. The molecule has 0 bridgehead atoms. The van der Waals surface area contributed by atoms with Crippen molar-refractivity contribution >= 4 is 5.78 Å². The van der Waals surface area contributed by atoms with Gasteiger partial charge in [-0.3, -0.25) is 4.79 Å². The fourth-order valence-corrected chi connectivity index (χ4v) is 2.98. The third-order valence-corrected chi connectivity index (χ3v) is 4.18. The van der Waals surface area contributed by atoms with E-state index in [4.69, 9.17) is 23.7 Å². The van der Waals surface area contributed by atoms with Gasteiger partial charge < -0.3 is 23.7 Å². The molecule has 6 nitrogen and oxygen atoms in total. The Balaban J connectivity index is 1.72. The second-order valence-electron chi connectivity index (χ2n) is 5.55. The molecule has 2 aliphatic heterocycles.